The van der Waals surface area contributed by atoms with E-state index in [0.717, 1.165) is 25.9 Å². The predicted octanol–water partition coefficient (Wildman–Crippen LogP) is 1.31. The third-order valence-corrected chi connectivity index (χ3v) is 3.44. The summed E-state index contributed by atoms with van der Waals surface area (Å²) in [6.45, 7) is 1.71. The topological polar surface area (TPSA) is 56.7 Å². The van der Waals surface area contributed by atoms with Gasteiger partial charge in [-0.25, -0.2) is 9.78 Å². The van der Waals surface area contributed by atoms with Crippen LogP contribution in [0.2, 0.25) is 0 Å². The van der Waals surface area contributed by atoms with Crippen LogP contribution < -0.4 is 4.90 Å². The second-order valence-corrected chi connectivity index (χ2v) is 4.89. The Balaban J connectivity index is 2.23. The van der Waals surface area contributed by atoms with E-state index < -0.39 is 5.97 Å². The zero-order chi connectivity index (χ0) is 13.1. The van der Waals surface area contributed by atoms with Gasteiger partial charge in [-0.15, -0.1) is 0 Å². The van der Waals surface area contributed by atoms with Crippen molar-refractivity contribution < 1.29 is 9.90 Å². The first-order valence-corrected chi connectivity index (χ1v) is 6.19. The molecule has 1 aromatic heterocycles. The Kier molecular flexibility index (Phi) is 3.81. The molecule has 0 aromatic carbocycles. The van der Waals surface area contributed by atoms with E-state index in [0.29, 0.717) is 11.9 Å². The third-order valence-electron chi connectivity index (χ3n) is 3.44. The van der Waals surface area contributed by atoms with Crippen LogP contribution in [-0.2, 0) is 0 Å². The molecule has 2 heterocycles. The number of likely N-dealkylation sites (N-methyl/N-ethyl adjacent to an activating group) is 1. The van der Waals surface area contributed by atoms with E-state index in [1.807, 2.05) is 0 Å². The molecule has 1 aliphatic heterocycles. The lowest BCUT2D eigenvalue weighted by atomic mass is 10.0. The second-order valence-electron chi connectivity index (χ2n) is 4.89. The van der Waals surface area contributed by atoms with E-state index in [9.17, 15) is 9.90 Å². The summed E-state index contributed by atoms with van der Waals surface area (Å²) in [7, 11) is 4.12. The van der Waals surface area contributed by atoms with Crippen LogP contribution in [0.3, 0.4) is 0 Å². The lowest BCUT2D eigenvalue weighted by molar-refractivity contribution is 0.0697. The van der Waals surface area contributed by atoms with Gasteiger partial charge in [-0.05, 0) is 39.1 Å². The van der Waals surface area contributed by atoms with E-state index in [2.05, 4.69) is 28.9 Å². The summed E-state index contributed by atoms with van der Waals surface area (Å²) in [5.41, 5.74) is 0.289. The molecule has 5 heteroatoms. The average molecular weight is 249 g/mol. The lowest BCUT2D eigenvalue weighted by Gasteiger charge is -2.37. The first kappa shape index (κ1) is 12.8. The number of hydrogen-bond donors (Lipinski definition) is 1. The van der Waals surface area contributed by atoms with Crippen LogP contribution in [0.4, 0.5) is 5.82 Å². The maximum Gasteiger partial charge on any atom is 0.339 e. The quantitative estimate of drug-likeness (QED) is 0.875. The van der Waals surface area contributed by atoms with Crippen molar-refractivity contribution in [2.24, 2.45) is 0 Å². The van der Waals surface area contributed by atoms with Gasteiger partial charge in [-0.2, -0.15) is 0 Å². The van der Waals surface area contributed by atoms with Crippen LogP contribution >= 0.6 is 0 Å². The predicted molar refractivity (Wildman–Crippen MR) is 70.1 cm³/mol. The number of carboxylic acid groups (broad SMARTS) is 1. The van der Waals surface area contributed by atoms with Crippen LogP contribution in [0.15, 0.2) is 18.3 Å². The van der Waals surface area contributed by atoms with Crippen molar-refractivity contribution in [2.75, 3.05) is 32.1 Å². The number of nitrogens with zero attached hydrogens (tertiary/aromatic N) is 3. The number of anilines is 1. The van der Waals surface area contributed by atoms with Gasteiger partial charge in [-0.1, -0.05) is 0 Å². The number of aromatic carboxylic acids is 1. The monoisotopic (exact) mass is 249 g/mol. The molecule has 0 aliphatic carbocycles. The van der Waals surface area contributed by atoms with Crippen molar-refractivity contribution in [3.63, 3.8) is 0 Å². The van der Waals surface area contributed by atoms with Gasteiger partial charge in [0.1, 0.15) is 11.4 Å². The molecule has 1 saturated heterocycles. The van der Waals surface area contributed by atoms with Crippen molar-refractivity contribution in [3.8, 4) is 0 Å². The highest BCUT2D eigenvalue weighted by Gasteiger charge is 2.25. The summed E-state index contributed by atoms with van der Waals surface area (Å²) < 4.78 is 0. The van der Waals surface area contributed by atoms with E-state index in [1.165, 1.54) is 0 Å². The van der Waals surface area contributed by atoms with Crippen molar-refractivity contribution in [1.29, 1.82) is 0 Å². The second kappa shape index (κ2) is 5.35. The smallest absolute Gasteiger partial charge is 0.339 e. The van der Waals surface area contributed by atoms with Gasteiger partial charge in [0.2, 0.25) is 0 Å². The molecule has 0 bridgehead atoms. The largest absolute Gasteiger partial charge is 0.478 e. The Morgan fingerprint density at radius 3 is 3.00 bits per heavy atom. The summed E-state index contributed by atoms with van der Waals surface area (Å²) in [6.07, 6.45) is 3.87. The molecule has 1 fully saturated rings. The summed E-state index contributed by atoms with van der Waals surface area (Å²) in [6, 6.07) is 3.74. The first-order valence-electron chi connectivity index (χ1n) is 6.19. The fraction of sp³-hybridized carbons (Fsp3) is 0.538. The molecule has 0 spiro atoms. The highest BCUT2D eigenvalue weighted by Crippen LogP contribution is 2.23. The van der Waals surface area contributed by atoms with Crippen molar-refractivity contribution in [3.05, 3.63) is 23.9 Å². The number of carbonyl (C=O) groups is 1. The van der Waals surface area contributed by atoms with Gasteiger partial charge < -0.3 is 14.9 Å². The number of hydrogen-bond acceptors (Lipinski definition) is 4. The summed E-state index contributed by atoms with van der Waals surface area (Å²) in [5.74, 6) is -0.318. The van der Waals surface area contributed by atoms with E-state index >= 15 is 0 Å². The first-order chi connectivity index (χ1) is 8.59. The van der Waals surface area contributed by atoms with Gasteiger partial charge in [0.15, 0.2) is 0 Å². The third kappa shape index (κ3) is 2.61. The highest BCUT2D eigenvalue weighted by molar-refractivity contribution is 5.93. The molecule has 0 radical (unpaired) electrons. The van der Waals surface area contributed by atoms with Crippen molar-refractivity contribution >= 4 is 11.8 Å². The average Bonchev–Trinajstić information content (AvgIpc) is 2.39. The lowest BCUT2D eigenvalue weighted by Crippen LogP contribution is -2.45. The molecule has 1 atom stereocenters. The van der Waals surface area contributed by atoms with E-state index in [4.69, 9.17) is 0 Å². The molecule has 1 aliphatic rings. The minimum Gasteiger partial charge on any atom is -0.478 e. The summed E-state index contributed by atoms with van der Waals surface area (Å²) in [5, 5.41) is 9.19. The Labute approximate surface area is 107 Å². The number of pyridine rings is 1. The highest BCUT2D eigenvalue weighted by atomic mass is 16.4. The zero-order valence-electron chi connectivity index (χ0n) is 10.8. The Morgan fingerprint density at radius 1 is 1.56 bits per heavy atom. The van der Waals surface area contributed by atoms with Gasteiger partial charge in [0.25, 0.3) is 0 Å². The standard InChI is InChI=1S/C13H19N3O2/c1-15(2)10-5-4-8-16(9-10)12-11(13(17)18)6-3-7-14-12/h3,6-7,10H,4-5,8-9H2,1-2H3,(H,17,18). The van der Waals surface area contributed by atoms with Gasteiger partial charge >= 0.3 is 5.97 Å². The van der Waals surface area contributed by atoms with Crippen LogP contribution in [0.1, 0.15) is 23.2 Å². The summed E-state index contributed by atoms with van der Waals surface area (Å²) >= 11 is 0. The van der Waals surface area contributed by atoms with Gasteiger partial charge in [0.05, 0.1) is 0 Å². The molecule has 18 heavy (non-hydrogen) atoms. The number of carboxylic acids is 1. The Morgan fingerprint density at radius 2 is 2.33 bits per heavy atom. The van der Waals surface area contributed by atoms with Gasteiger partial charge in [-0.3, -0.25) is 0 Å². The van der Waals surface area contributed by atoms with E-state index in [-0.39, 0.29) is 5.56 Å². The van der Waals surface area contributed by atoms with Gasteiger partial charge in [0, 0.05) is 25.3 Å². The Hall–Kier alpha value is -1.62. The number of piperidine rings is 1. The fourth-order valence-corrected chi connectivity index (χ4v) is 2.38. The number of rotatable bonds is 3. The molecule has 0 saturated carbocycles. The molecular formula is C13H19N3O2. The van der Waals surface area contributed by atoms with Crippen LogP contribution in [0.5, 0.6) is 0 Å². The minimum absolute atomic E-state index is 0.289. The van der Waals surface area contributed by atoms with Crippen LogP contribution in [0.25, 0.3) is 0 Å². The fourth-order valence-electron chi connectivity index (χ4n) is 2.38. The maximum atomic E-state index is 11.2. The minimum atomic E-state index is -0.912. The molecule has 2 rings (SSSR count). The number of aromatic nitrogens is 1. The Bertz CT molecular complexity index is 434. The molecule has 1 aromatic rings. The zero-order valence-corrected chi connectivity index (χ0v) is 10.8. The van der Waals surface area contributed by atoms with Crippen LogP contribution in [-0.4, -0.2) is 54.2 Å². The maximum absolute atomic E-state index is 11.2. The molecule has 1 N–H and O–H groups in total. The van der Waals surface area contributed by atoms with Crippen LogP contribution in [0, 0.1) is 0 Å². The molecular weight excluding hydrogens is 230 g/mol. The molecule has 5 nitrogen and oxygen atoms in total. The molecule has 0 amide bonds. The van der Waals surface area contributed by atoms with Crippen molar-refractivity contribution in [2.45, 2.75) is 18.9 Å². The van der Waals surface area contributed by atoms with Crippen molar-refractivity contribution in [1.82, 2.24) is 9.88 Å². The normalized spacial score (nSPS) is 20.2. The summed E-state index contributed by atoms with van der Waals surface area (Å²) in [4.78, 5) is 19.7. The molecule has 98 valence electrons. The van der Waals surface area contributed by atoms with E-state index in [1.54, 1.807) is 18.3 Å². The SMILES string of the molecule is CN(C)C1CCCN(c2ncccc2C(=O)O)C1. The molecule has 1 unspecified atom stereocenters.